The van der Waals surface area contributed by atoms with Crippen molar-refractivity contribution in [1.82, 2.24) is 10.2 Å². The number of H-pyrrole nitrogens is 1. The number of fused-ring (bicyclic) bond motifs is 1. The van der Waals surface area contributed by atoms with Crippen molar-refractivity contribution in [3.8, 4) is 0 Å². The minimum atomic E-state index is 1.05. The number of rotatable bonds is 0. The minimum Gasteiger partial charge on any atom is -0.277 e. The molecule has 0 aliphatic heterocycles. The van der Waals surface area contributed by atoms with Gasteiger partial charge in [-0.2, -0.15) is 5.10 Å². The fraction of sp³-hybridized carbons (Fsp3) is 0.125. The van der Waals surface area contributed by atoms with Crippen molar-refractivity contribution >= 4 is 33.5 Å². The van der Waals surface area contributed by atoms with E-state index in [-0.39, 0.29) is 0 Å². The Morgan fingerprint density at radius 3 is 3.00 bits per heavy atom. The summed E-state index contributed by atoms with van der Waals surface area (Å²) in [4.78, 5) is 0. The molecule has 1 aromatic heterocycles. The lowest BCUT2D eigenvalue weighted by Crippen LogP contribution is -1.74. The summed E-state index contributed by atoms with van der Waals surface area (Å²) in [6, 6.07) is 6.17. The highest BCUT2D eigenvalue weighted by molar-refractivity contribution is 14.1. The summed E-state index contributed by atoms with van der Waals surface area (Å²) in [6.07, 6.45) is 0. The smallest absolute Gasteiger partial charge is 0.131 e. The van der Waals surface area contributed by atoms with E-state index in [0.29, 0.717) is 0 Å². The third-order valence-electron chi connectivity index (χ3n) is 1.75. The first-order valence-corrected chi connectivity index (χ1v) is 4.46. The van der Waals surface area contributed by atoms with Crippen molar-refractivity contribution < 1.29 is 0 Å². The van der Waals surface area contributed by atoms with Crippen LogP contribution in [-0.4, -0.2) is 10.2 Å². The Morgan fingerprint density at radius 2 is 2.27 bits per heavy atom. The quantitative estimate of drug-likeness (QED) is 0.722. The summed E-state index contributed by atoms with van der Waals surface area (Å²) < 4.78 is 1.05. The van der Waals surface area contributed by atoms with Crippen molar-refractivity contribution in [2.45, 2.75) is 6.92 Å². The molecule has 0 atom stereocenters. The highest BCUT2D eigenvalue weighted by Gasteiger charge is 2.02. The number of hydrogen-bond donors (Lipinski definition) is 1. The molecule has 2 nitrogen and oxygen atoms in total. The molecule has 2 aromatic rings. The van der Waals surface area contributed by atoms with Crippen LogP contribution in [0.15, 0.2) is 18.2 Å². The van der Waals surface area contributed by atoms with Crippen LogP contribution in [0.5, 0.6) is 0 Å². The highest BCUT2D eigenvalue weighted by atomic mass is 127. The second-order valence-electron chi connectivity index (χ2n) is 2.51. The third-order valence-corrected chi connectivity index (χ3v) is 2.53. The van der Waals surface area contributed by atoms with Gasteiger partial charge < -0.3 is 0 Å². The van der Waals surface area contributed by atoms with Gasteiger partial charge in [0.2, 0.25) is 0 Å². The second kappa shape index (κ2) is 2.48. The summed E-state index contributed by atoms with van der Waals surface area (Å²) in [5.74, 6) is 0. The normalized spacial score (nSPS) is 10.7. The molecule has 0 saturated carbocycles. The number of nitrogens with zero attached hydrogens (tertiary/aromatic N) is 1. The molecule has 0 radical (unpaired) electrons. The maximum absolute atomic E-state index is 4.12. The molecule has 0 unspecified atom stereocenters. The molecule has 0 saturated heterocycles. The number of halogens is 1. The Bertz CT molecular complexity index is 392. The van der Waals surface area contributed by atoms with E-state index in [9.17, 15) is 0 Å². The molecule has 1 aromatic carbocycles. The molecule has 1 heterocycles. The maximum atomic E-state index is 4.12. The lowest BCUT2D eigenvalue weighted by atomic mass is 10.2. The van der Waals surface area contributed by atoms with Crippen molar-refractivity contribution in [2.24, 2.45) is 0 Å². The summed E-state index contributed by atoms with van der Waals surface area (Å²) in [7, 11) is 0. The van der Waals surface area contributed by atoms with E-state index in [1.165, 1.54) is 10.9 Å². The van der Waals surface area contributed by atoms with Crippen LogP contribution < -0.4 is 0 Å². The average molecular weight is 258 g/mol. The van der Waals surface area contributed by atoms with Crippen LogP contribution >= 0.6 is 22.6 Å². The van der Waals surface area contributed by atoms with Crippen molar-refractivity contribution in [2.75, 3.05) is 0 Å². The predicted molar refractivity (Wildman–Crippen MR) is 53.5 cm³/mol. The Morgan fingerprint density at radius 1 is 1.45 bits per heavy atom. The summed E-state index contributed by atoms with van der Waals surface area (Å²) >= 11 is 2.24. The summed E-state index contributed by atoms with van der Waals surface area (Å²) in [6.45, 7) is 2.10. The topological polar surface area (TPSA) is 28.7 Å². The Kier molecular flexibility index (Phi) is 1.60. The fourth-order valence-electron chi connectivity index (χ4n) is 1.20. The molecule has 0 bridgehead atoms. The molecule has 11 heavy (non-hydrogen) atoms. The minimum absolute atomic E-state index is 1.05. The van der Waals surface area contributed by atoms with Gasteiger partial charge in [0.05, 0.1) is 5.52 Å². The van der Waals surface area contributed by atoms with Crippen molar-refractivity contribution in [1.29, 1.82) is 0 Å². The molecule has 0 aliphatic carbocycles. The van der Waals surface area contributed by atoms with Crippen LogP contribution in [0.1, 0.15) is 5.56 Å². The van der Waals surface area contributed by atoms with E-state index >= 15 is 0 Å². The molecule has 0 spiro atoms. The zero-order valence-electron chi connectivity index (χ0n) is 6.06. The molecule has 3 heteroatoms. The van der Waals surface area contributed by atoms with E-state index in [4.69, 9.17) is 0 Å². The van der Waals surface area contributed by atoms with Gasteiger partial charge in [-0.15, -0.1) is 0 Å². The van der Waals surface area contributed by atoms with E-state index < -0.39 is 0 Å². The first kappa shape index (κ1) is 7.09. The van der Waals surface area contributed by atoms with Gasteiger partial charge in [-0.1, -0.05) is 12.1 Å². The fourth-order valence-corrected chi connectivity index (χ4v) is 2.04. The van der Waals surface area contributed by atoms with Crippen LogP contribution in [0.25, 0.3) is 10.9 Å². The molecular weight excluding hydrogens is 251 g/mol. The third kappa shape index (κ3) is 1.03. The number of aromatic nitrogens is 2. The maximum Gasteiger partial charge on any atom is 0.131 e. The lowest BCUT2D eigenvalue weighted by molar-refractivity contribution is 1.09. The van der Waals surface area contributed by atoms with Gasteiger partial charge in [0.25, 0.3) is 0 Å². The van der Waals surface area contributed by atoms with Crippen molar-refractivity contribution in [3.63, 3.8) is 0 Å². The summed E-state index contributed by atoms with van der Waals surface area (Å²) in [5.41, 5.74) is 2.40. The molecule has 2 rings (SSSR count). The van der Waals surface area contributed by atoms with Crippen LogP contribution in [-0.2, 0) is 0 Å². The Labute approximate surface area is 78.1 Å². The van der Waals surface area contributed by atoms with E-state index in [1.807, 2.05) is 12.1 Å². The van der Waals surface area contributed by atoms with Crippen LogP contribution in [0.3, 0.4) is 0 Å². The van der Waals surface area contributed by atoms with E-state index in [0.717, 1.165) is 9.22 Å². The number of hydrogen-bond acceptors (Lipinski definition) is 1. The van der Waals surface area contributed by atoms with Crippen LogP contribution in [0.2, 0.25) is 0 Å². The monoisotopic (exact) mass is 258 g/mol. The van der Waals surface area contributed by atoms with Gasteiger partial charge in [0.1, 0.15) is 3.70 Å². The standard InChI is InChI=1S/C8H7IN2/c1-5-3-2-4-6-7(5)8(9)11-10-6/h2-4H,1H3,(H,10,11). The molecule has 0 aliphatic rings. The summed E-state index contributed by atoms with van der Waals surface area (Å²) in [5, 5.41) is 8.33. The van der Waals surface area contributed by atoms with Gasteiger partial charge >= 0.3 is 0 Å². The SMILES string of the molecule is Cc1cccc2[nH]nc(I)c12. The zero-order valence-corrected chi connectivity index (χ0v) is 8.21. The Hall–Kier alpha value is -0.580. The number of nitrogens with one attached hydrogen (secondary N) is 1. The van der Waals surface area contributed by atoms with Gasteiger partial charge in [-0.3, -0.25) is 5.10 Å². The average Bonchev–Trinajstić information content (AvgIpc) is 2.34. The largest absolute Gasteiger partial charge is 0.277 e. The molecule has 1 N–H and O–H groups in total. The van der Waals surface area contributed by atoms with Crippen molar-refractivity contribution in [3.05, 3.63) is 27.5 Å². The molecular formula is C8H7IN2. The zero-order chi connectivity index (χ0) is 7.84. The lowest BCUT2D eigenvalue weighted by Gasteiger charge is -1.92. The van der Waals surface area contributed by atoms with E-state index in [2.05, 4.69) is 45.8 Å². The predicted octanol–water partition coefficient (Wildman–Crippen LogP) is 2.48. The first-order chi connectivity index (χ1) is 5.29. The van der Waals surface area contributed by atoms with Crippen LogP contribution in [0, 0.1) is 10.6 Å². The Balaban J connectivity index is 2.96. The van der Waals surface area contributed by atoms with Crippen LogP contribution in [0.4, 0.5) is 0 Å². The molecule has 56 valence electrons. The molecule has 0 fully saturated rings. The van der Waals surface area contributed by atoms with Gasteiger partial charge in [0, 0.05) is 5.39 Å². The number of aromatic amines is 1. The molecule has 0 amide bonds. The number of benzene rings is 1. The highest BCUT2D eigenvalue weighted by Crippen LogP contribution is 2.20. The van der Waals surface area contributed by atoms with Gasteiger partial charge in [0.15, 0.2) is 0 Å². The van der Waals surface area contributed by atoms with E-state index in [1.54, 1.807) is 0 Å². The second-order valence-corrected chi connectivity index (χ2v) is 3.53. The first-order valence-electron chi connectivity index (χ1n) is 3.38. The van der Waals surface area contributed by atoms with Gasteiger partial charge in [-0.05, 0) is 41.1 Å². The van der Waals surface area contributed by atoms with Gasteiger partial charge in [-0.25, -0.2) is 0 Å². The number of aryl methyl sites for hydroxylation is 1.